The normalized spacial score (nSPS) is 32.8. The average Bonchev–Trinajstić information content (AvgIpc) is 2.82. The topological polar surface area (TPSA) is 225 Å². The second-order valence-electron chi connectivity index (χ2n) is 5.94. The molecule has 1 fully saturated rings. The molecule has 0 radical (unpaired) electrons. The Morgan fingerprint density at radius 3 is 2.08 bits per heavy atom. The van der Waals surface area contributed by atoms with Crippen molar-refractivity contribution in [1.29, 1.82) is 0 Å². The summed E-state index contributed by atoms with van der Waals surface area (Å²) in [4.78, 5) is 0. The minimum atomic E-state index is -5.17. The van der Waals surface area contributed by atoms with E-state index in [0.29, 0.717) is 0 Å². The number of hydrogen-bond donors (Lipinski definition) is 9. The van der Waals surface area contributed by atoms with Gasteiger partial charge in [-0.2, -0.15) is 8.42 Å². The van der Waals surface area contributed by atoms with Gasteiger partial charge in [0, 0.05) is 10.9 Å². The van der Waals surface area contributed by atoms with E-state index in [-0.39, 0.29) is 11.5 Å². The zero-order valence-electron chi connectivity index (χ0n) is 13.5. The molecule has 14 heteroatoms. The standard InChI is InChI=1S/C12H24O12S2/c13-1-5(15)10(19)11(20)12(24-26(21,22)23)7(17)4-25-3-6(16)9(18)8(25)2-14/h5-20H,1-4H2/p+1/t5?,6-,7-,8-,9+,10-,11-,12-,25?/m1/s1. The number of rotatable bonds is 10. The lowest BCUT2D eigenvalue weighted by Gasteiger charge is -2.30. The predicted molar refractivity (Wildman–Crippen MR) is 87.5 cm³/mol. The largest absolute Gasteiger partial charge is 0.397 e. The lowest BCUT2D eigenvalue weighted by Crippen LogP contribution is -2.53. The van der Waals surface area contributed by atoms with Crippen LogP contribution in [-0.2, 0) is 25.5 Å². The molecule has 1 aliphatic heterocycles. The lowest BCUT2D eigenvalue weighted by molar-refractivity contribution is -0.129. The maximum absolute atomic E-state index is 11.0. The van der Waals surface area contributed by atoms with E-state index in [2.05, 4.69) is 4.18 Å². The molecule has 0 aromatic carbocycles. The van der Waals surface area contributed by atoms with Crippen molar-refractivity contribution in [3.63, 3.8) is 0 Å². The average molecular weight is 425 g/mol. The molecule has 9 atom stereocenters. The molecular formula is C12H25O12S2+. The van der Waals surface area contributed by atoms with Crippen LogP contribution in [0.3, 0.4) is 0 Å². The van der Waals surface area contributed by atoms with Crippen LogP contribution in [0.15, 0.2) is 0 Å². The summed E-state index contributed by atoms with van der Waals surface area (Å²) in [6, 6.07) is 0. The fourth-order valence-electron chi connectivity index (χ4n) is 2.62. The molecule has 9 N–H and O–H groups in total. The van der Waals surface area contributed by atoms with E-state index < -0.39 is 82.5 Å². The minimum Gasteiger partial charge on any atom is -0.394 e. The molecule has 0 saturated carbocycles. The van der Waals surface area contributed by atoms with Gasteiger partial charge in [0.05, 0.1) is 13.2 Å². The van der Waals surface area contributed by atoms with Gasteiger partial charge < -0.3 is 40.9 Å². The zero-order valence-corrected chi connectivity index (χ0v) is 15.1. The fraction of sp³-hybridized carbons (Fsp3) is 1.00. The third kappa shape index (κ3) is 6.22. The van der Waals surface area contributed by atoms with Crippen LogP contribution in [-0.4, -0.2) is 127 Å². The van der Waals surface area contributed by atoms with E-state index in [4.69, 9.17) is 9.66 Å². The second-order valence-corrected chi connectivity index (χ2v) is 9.33. The lowest BCUT2D eigenvalue weighted by atomic mass is 10.0. The van der Waals surface area contributed by atoms with Crippen molar-refractivity contribution in [2.75, 3.05) is 24.7 Å². The van der Waals surface area contributed by atoms with E-state index in [1.54, 1.807) is 0 Å². The summed E-state index contributed by atoms with van der Waals surface area (Å²) in [5.74, 6) is -0.363. The Labute approximate surface area is 152 Å². The Morgan fingerprint density at radius 2 is 1.62 bits per heavy atom. The summed E-state index contributed by atoms with van der Waals surface area (Å²) >= 11 is 0. The van der Waals surface area contributed by atoms with Gasteiger partial charge in [0.2, 0.25) is 0 Å². The van der Waals surface area contributed by atoms with Crippen molar-refractivity contribution in [2.24, 2.45) is 0 Å². The van der Waals surface area contributed by atoms with Crippen LogP contribution in [0.5, 0.6) is 0 Å². The Balaban J connectivity index is 2.95. The van der Waals surface area contributed by atoms with E-state index in [9.17, 15) is 44.2 Å². The number of aliphatic hydroxyl groups is 8. The number of aliphatic hydroxyl groups excluding tert-OH is 8. The maximum Gasteiger partial charge on any atom is 0.397 e. The van der Waals surface area contributed by atoms with Gasteiger partial charge >= 0.3 is 10.4 Å². The van der Waals surface area contributed by atoms with Crippen molar-refractivity contribution >= 4 is 21.3 Å². The highest BCUT2D eigenvalue weighted by Gasteiger charge is 2.52. The van der Waals surface area contributed by atoms with Crippen molar-refractivity contribution in [3.05, 3.63) is 0 Å². The van der Waals surface area contributed by atoms with Crippen molar-refractivity contribution in [1.82, 2.24) is 0 Å². The Kier molecular flexibility index (Phi) is 9.12. The van der Waals surface area contributed by atoms with Gasteiger partial charge in [-0.1, -0.05) is 0 Å². The first kappa shape index (κ1) is 23.9. The molecule has 1 rings (SSSR count). The molecule has 0 aliphatic carbocycles. The van der Waals surface area contributed by atoms with Crippen molar-refractivity contribution in [2.45, 2.75) is 48.0 Å². The molecule has 0 aromatic heterocycles. The highest BCUT2D eigenvalue weighted by molar-refractivity contribution is 7.97. The molecule has 26 heavy (non-hydrogen) atoms. The molecule has 2 unspecified atom stereocenters. The highest BCUT2D eigenvalue weighted by Crippen LogP contribution is 2.26. The quantitative estimate of drug-likeness (QED) is 0.118. The van der Waals surface area contributed by atoms with E-state index in [1.165, 1.54) is 0 Å². The van der Waals surface area contributed by atoms with Crippen LogP contribution in [0.2, 0.25) is 0 Å². The summed E-state index contributed by atoms with van der Waals surface area (Å²) in [5.41, 5.74) is 0. The molecule has 156 valence electrons. The fourth-order valence-corrected chi connectivity index (χ4v) is 5.83. The first-order valence-corrected chi connectivity index (χ1v) is 10.5. The Hall–Kier alpha value is -0.100. The van der Waals surface area contributed by atoms with Gasteiger partial charge in [-0.3, -0.25) is 4.55 Å². The van der Waals surface area contributed by atoms with Crippen molar-refractivity contribution in [3.8, 4) is 0 Å². The van der Waals surface area contributed by atoms with Gasteiger partial charge in [-0.15, -0.1) is 0 Å². The Bertz CT molecular complexity index is 530. The van der Waals surface area contributed by atoms with Crippen LogP contribution in [0.1, 0.15) is 0 Å². The first-order valence-electron chi connectivity index (χ1n) is 7.55. The highest BCUT2D eigenvalue weighted by atomic mass is 32.3. The first-order chi connectivity index (χ1) is 11.9. The van der Waals surface area contributed by atoms with E-state index in [1.807, 2.05) is 0 Å². The molecular weight excluding hydrogens is 400 g/mol. The van der Waals surface area contributed by atoms with Gasteiger partial charge in [0.15, 0.2) is 5.25 Å². The maximum atomic E-state index is 11.0. The summed E-state index contributed by atoms with van der Waals surface area (Å²) in [6.07, 6.45) is -12.6. The Morgan fingerprint density at radius 1 is 1.04 bits per heavy atom. The summed E-state index contributed by atoms with van der Waals surface area (Å²) in [5, 5.41) is 76.0. The van der Waals surface area contributed by atoms with Gasteiger partial charge in [0.25, 0.3) is 0 Å². The molecule has 0 bridgehead atoms. The summed E-state index contributed by atoms with van der Waals surface area (Å²) < 4.78 is 35.0. The van der Waals surface area contributed by atoms with Crippen LogP contribution >= 0.6 is 0 Å². The minimum absolute atomic E-state index is 0.0139. The summed E-state index contributed by atoms with van der Waals surface area (Å²) in [6.45, 7) is -1.51. The van der Waals surface area contributed by atoms with Crippen molar-refractivity contribution < 1.29 is 58.0 Å². The van der Waals surface area contributed by atoms with Crippen LogP contribution < -0.4 is 0 Å². The zero-order chi connectivity index (χ0) is 20.2. The summed E-state index contributed by atoms with van der Waals surface area (Å²) in [7, 11) is -6.18. The van der Waals surface area contributed by atoms with Gasteiger partial charge in [-0.25, -0.2) is 4.18 Å². The van der Waals surface area contributed by atoms with E-state index in [0.717, 1.165) is 0 Å². The monoisotopic (exact) mass is 425 g/mol. The molecule has 0 spiro atoms. The molecule has 12 nitrogen and oxygen atoms in total. The predicted octanol–water partition coefficient (Wildman–Crippen LogP) is -5.68. The van der Waals surface area contributed by atoms with Gasteiger partial charge in [-0.05, 0) is 0 Å². The van der Waals surface area contributed by atoms with Crippen LogP contribution in [0, 0.1) is 0 Å². The van der Waals surface area contributed by atoms with E-state index >= 15 is 0 Å². The third-order valence-corrected chi connectivity index (χ3v) is 7.32. The third-order valence-electron chi connectivity index (χ3n) is 4.03. The smallest absolute Gasteiger partial charge is 0.394 e. The number of hydrogen-bond acceptors (Lipinski definition) is 11. The van der Waals surface area contributed by atoms with Gasteiger partial charge in [0.1, 0.15) is 54.2 Å². The molecule has 0 aromatic rings. The van der Waals surface area contributed by atoms with Crippen LogP contribution in [0.4, 0.5) is 0 Å². The molecule has 1 heterocycles. The molecule has 0 amide bonds. The SMILES string of the molecule is O=S(=O)(O)O[C@@H]([C@H](O)[C@H](O)C(O)CO)[C@H](O)C[S+]1C[C@@H](O)[C@H](O)[C@H]1CO. The molecule has 1 saturated heterocycles. The second kappa shape index (κ2) is 9.90. The molecule has 1 aliphatic rings. The van der Waals surface area contributed by atoms with Crippen LogP contribution in [0.25, 0.3) is 0 Å².